The van der Waals surface area contributed by atoms with E-state index in [1.807, 2.05) is 6.92 Å². The van der Waals surface area contributed by atoms with Gasteiger partial charge in [0, 0.05) is 48.0 Å². The zero-order chi connectivity index (χ0) is 23.3. The van der Waals surface area contributed by atoms with Gasteiger partial charge >= 0.3 is 0 Å². The van der Waals surface area contributed by atoms with Crippen LogP contribution in [0.25, 0.3) is 16.8 Å². The number of rotatable bonds is 4. The van der Waals surface area contributed by atoms with Crippen LogP contribution in [0.1, 0.15) is 19.7 Å². The summed E-state index contributed by atoms with van der Waals surface area (Å²) < 4.78 is 47.4. The van der Waals surface area contributed by atoms with Gasteiger partial charge in [-0.3, -0.25) is 0 Å². The normalized spacial score (nSPS) is 21.0. The number of anilines is 2. The minimum absolute atomic E-state index is 0.0687. The van der Waals surface area contributed by atoms with E-state index in [1.54, 1.807) is 18.3 Å². The third-order valence-electron chi connectivity index (χ3n) is 6.01. The van der Waals surface area contributed by atoms with Crippen molar-refractivity contribution in [2.45, 2.75) is 26.8 Å². The molecular weight excluding hydrogens is 451 g/mol. The van der Waals surface area contributed by atoms with Crippen molar-refractivity contribution in [3.05, 3.63) is 53.7 Å². The first-order valence-electron chi connectivity index (χ1n) is 10.6. The van der Waals surface area contributed by atoms with Crippen LogP contribution in [0, 0.1) is 36.2 Å². The highest BCUT2D eigenvalue weighted by atomic mass is 32.1. The van der Waals surface area contributed by atoms with Crippen LogP contribution in [0.5, 0.6) is 0 Å². The van der Waals surface area contributed by atoms with E-state index < -0.39 is 17.5 Å². The van der Waals surface area contributed by atoms with Gasteiger partial charge in [0.1, 0.15) is 5.82 Å². The number of pyridine rings is 1. The summed E-state index contributed by atoms with van der Waals surface area (Å²) in [5, 5.41) is 8.84. The van der Waals surface area contributed by atoms with Crippen LogP contribution < -0.4 is 10.2 Å². The SMILES string of the molecule is Cc1nsc(N2CC(C)C(Nc3nc4c(-c5ccc(F)c(F)c5F)cccn4n3)C(C)C2)n1. The number of aromatic nitrogens is 5. The standard InChI is InChI=1S/C22H22F3N7S/c1-11-9-31(22-26-13(3)30-33-22)10-12(2)19(11)27-21-28-20-15(5-4-8-32(20)29-21)14-6-7-16(23)18(25)17(14)24/h4-8,11-12,19H,9-10H2,1-3H3,(H,27,29). The molecule has 0 bridgehead atoms. The highest BCUT2D eigenvalue weighted by molar-refractivity contribution is 7.09. The number of hydrogen-bond donors (Lipinski definition) is 1. The van der Waals surface area contributed by atoms with Crippen molar-refractivity contribution in [2.24, 2.45) is 11.8 Å². The first-order chi connectivity index (χ1) is 15.8. The summed E-state index contributed by atoms with van der Waals surface area (Å²) in [5.74, 6) is -2.27. The molecule has 1 saturated heterocycles. The van der Waals surface area contributed by atoms with Crippen molar-refractivity contribution >= 4 is 28.3 Å². The molecule has 1 aliphatic rings. The quantitative estimate of drug-likeness (QED) is 0.439. The van der Waals surface area contributed by atoms with Gasteiger partial charge in [-0.2, -0.15) is 9.36 Å². The number of aryl methyl sites for hydroxylation is 1. The summed E-state index contributed by atoms with van der Waals surface area (Å²) in [5.41, 5.74) is 0.616. The smallest absolute Gasteiger partial charge is 0.243 e. The van der Waals surface area contributed by atoms with E-state index in [4.69, 9.17) is 0 Å². The maximum Gasteiger partial charge on any atom is 0.243 e. The van der Waals surface area contributed by atoms with Gasteiger partial charge in [-0.15, -0.1) is 5.10 Å². The topological polar surface area (TPSA) is 71.2 Å². The molecule has 33 heavy (non-hydrogen) atoms. The van der Waals surface area contributed by atoms with E-state index in [0.29, 0.717) is 17.2 Å². The van der Waals surface area contributed by atoms with Gasteiger partial charge in [-0.05, 0) is 43.0 Å². The minimum atomic E-state index is -1.51. The zero-order valence-electron chi connectivity index (χ0n) is 18.3. The molecule has 0 saturated carbocycles. The molecule has 11 heteroatoms. The molecule has 1 N–H and O–H groups in total. The van der Waals surface area contributed by atoms with Crippen molar-refractivity contribution in [3.8, 4) is 11.1 Å². The molecule has 4 aromatic rings. The van der Waals surface area contributed by atoms with E-state index in [1.165, 1.54) is 22.1 Å². The van der Waals surface area contributed by atoms with Gasteiger partial charge in [0.2, 0.25) is 11.1 Å². The predicted molar refractivity (Wildman–Crippen MR) is 121 cm³/mol. The van der Waals surface area contributed by atoms with Crippen LogP contribution in [0.3, 0.4) is 0 Å². The molecule has 2 atom stereocenters. The molecule has 7 nitrogen and oxygen atoms in total. The molecule has 1 aromatic carbocycles. The number of benzene rings is 1. The van der Waals surface area contributed by atoms with Crippen LogP contribution in [0.4, 0.5) is 24.3 Å². The number of halogens is 3. The maximum atomic E-state index is 14.4. The Bertz CT molecular complexity index is 1310. The van der Waals surface area contributed by atoms with Gasteiger partial charge in [0.05, 0.1) is 0 Å². The third kappa shape index (κ3) is 3.90. The lowest BCUT2D eigenvalue weighted by molar-refractivity contribution is 0.317. The lowest BCUT2D eigenvalue weighted by Crippen LogP contribution is -2.50. The highest BCUT2D eigenvalue weighted by Crippen LogP contribution is 2.31. The van der Waals surface area contributed by atoms with Crippen molar-refractivity contribution in [2.75, 3.05) is 23.3 Å². The Morgan fingerprint density at radius 2 is 1.76 bits per heavy atom. The summed E-state index contributed by atoms with van der Waals surface area (Å²) in [6.07, 6.45) is 1.68. The molecule has 172 valence electrons. The first kappa shape index (κ1) is 21.6. The van der Waals surface area contributed by atoms with E-state index in [-0.39, 0.29) is 23.4 Å². The summed E-state index contributed by atoms with van der Waals surface area (Å²) in [7, 11) is 0. The molecule has 1 aliphatic heterocycles. The lowest BCUT2D eigenvalue weighted by Gasteiger charge is -2.41. The van der Waals surface area contributed by atoms with Crippen molar-refractivity contribution in [1.29, 1.82) is 0 Å². The van der Waals surface area contributed by atoms with Gasteiger partial charge in [0.25, 0.3) is 0 Å². The first-order valence-corrected chi connectivity index (χ1v) is 11.4. The molecular formula is C22H22F3N7S. The van der Waals surface area contributed by atoms with Gasteiger partial charge in [-0.25, -0.2) is 22.7 Å². The molecule has 4 heterocycles. The number of piperidine rings is 1. The summed E-state index contributed by atoms with van der Waals surface area (Å²) in [6, 6.07) is 5.49. The number of hydrogen-bond acceptors (Lipinski definition) is 7. The molecule has 2 unspecified atom stereocenters. The Hall–Kier alpha value is -3.21. The molecule has 0 spiro atoms. The van der Waals surface area contributed by atoms with E-state index in [2.05, 4.69) is 43.5 Å². The Labute approximate surface area is 192 Å². The van der Waals surface area contributed by atoms with Crippen LogP contribution >= 0.6 is 11.5 Å². The van der Waals surface area contributed by atoms with Crippen LogP contribution in [0.2, 0.25) is 0 Å². The second-order valence-corrected chi connectivity index (χ2v) is 9.23. The summed E-state index contributed by atoms with van der Waals surface area (Å²) in [6.45, 7) is 7.83. The number of nitrogens with one attached hydrogen (secondary N) is 1. The van der Waals surface area contributed by atoms with Crippen LogP contribution in [0.15, 0.2) is 30.5 Å². The van der Waals surface area contributed by atoms with Crippen LogP contribution in [-0.2, 0) is 0 Å². The van der Waals surface area contributed by atoms with E-state index in [0.717, 1.165) is 30.1 Å². The third-order valence-corrected chi connectivity index (χ3v) is 6.88. The summed E-state index contributed by atoms with van der Waals surface area (Å²) >= 11 is 1.41. The Kier molecular flexibility index (Phi) is 5.43. The average molecular weight is 474 g/mol. The van der Waals surface area contributed by atoms with Crippen molar-refractivity contribution < 1.29 is 13.2 Å². The lowest BCUT2D eigenvalue weighted by atomic mass is 9.86. The zero-order valence-corrected chi connectivity index (χ0v) is 19.1. The number of fused-ring (bicyclic) bond motifs is 1. The molecule has 0 amide bonds. The molecule has 3 aromatic heterocycles. The summed E-state index contributed by atoms with van der Waals surface area (Å²) in [4.78, 5) is 11.3. The Balaban J connectivity index is 1.41. The van der Waals surface area contributed by atoms with Crippen molar-refractivity contribution in [1.82, 2.24) is 24.0 Å². The van der Waals surface area contributed by atoms with Crippen LogP contribution in [-0.4, -0.2) is 43.1 Å². The molecule has 0 aliphatic carbocycles. The average Bonchev–Trinajstić information content (AvgIpc) is 3.40. The largest absolute Gasteiger partial charge is 0.350 e. The van der Waals surface area contributed by atoms with E-state index in [9.17, 15) is 13.2 Å². The maximum absolute atomic E-state index is 14.4. The molecule has 1 fully saturated rings. The Morgan fingerprint density at radius 1 is 1.00 bits per heavy atom. The monoisotopic (exact) mass is 473 g/mol. The number of nitrogens with zero attached hydrogens (tertiary/aromatic N) is 6. The van der Waals surface area contributed by atoms with E-state index >= 15 is 0 Å². The predicted octanol–water partition coefficient (Wildman–Crippen LogP) is 4.55. The van der Waals surface area contributed by atoms with Gasteiger partial charge in [-0.1, -0.05) is 13.8 Å². The van der Waals surface area contributed by atoms with Crippen molar-refractivity contribution in [3.63, 3.8) is 0 Å². The second kappa shape index (κ2) is 8.29. The minimum Gasteiger partial charge on any atom is -0.350 e. The molecule has 5 rings (SSSR count). The fourth-order valence-electron chi connectivity index (χ4n) is 4.47. The van der Waals surface area contributed by atoms with Gasteiger partial charge < -0.3 is 10.2 Å². The van der Waals surface area contributed by atoms with Gasteiger partial charge in [0.15, 0.2) is 23.1 Å². The highest BCUT2D eigenvalue weighted by Gasteiger charge is 2.34. The Morgan fingerprint density at radius 3 is 2.45 bits per heavy atom. The molecule has 0 radical (unpaired) electrons. The second-order valence-electron chi connectivity index (χ2n) is 8.50. The fourth-order valence-corrected chi connectivity index (χ4v) is 5.17. The fraction of sp³-hybridized carbons (Fsp3) is 0.364.